The van der Waals surface area contributed by atoms with E-state index >= 15 is 0 Å². The van der Waals surface area contributed by atoms with E-state index in [0.717, 1.165) is 43.9 Å². The minimum absolute atomic E-state index is 0.0154. The first-order valence-corrected chi connectivity index (χ1v) is 9.80. The molecular formula is C18H33BrO2. The van der Waals surface area contributed by atoms with Gasteiger partial charge in [0.2, 0.25) is 0 Å². The highest BCUT2D eigenvalue weighted by atomic mass is 79.9. The number of esters is 1. The predicted octanol–water partition coefficient (Wildman–Crippen LogP) is 6.18. The van der Waals surface area contributed by atoms with Crippen LogP contribution in [0.15, 0.2) is 12.2 Å². The van der Waals surface area contributed by atoms with Crippen LogP contribution in [0.5, 0.6) is 0 Å². The van der Waals surface area contributed by atoms with Gasteiger partial charge in [-0.2, -0.15) is 0 Å². The number of carbonyl (C=O) groups is 1. The van der Waals surface area contributed by atoms with Crippen LogP contribution in [0.3, 0.4) is 0 Å². The van der Waals surface area contributed by atoms with Crippen LogP contribution in [0.25, 0.3) is 0 Å². The van der Waals surface area contributed by atoms with Gasteiger partial charge in [-0.05, 0) is 38.5 Å². The average molecular weight is 361 g/mol. The molecule has 0 unspecified atom stereocenters. The van der Waals surface area contributed by atoms with Crippen LogP contribution in [-0.4, -0.2) is 17.9 Å². The second-order valence-corrected chi connectivity index (χ2v) is 6.30. The van der Waals surface area contributed by atoms with Crippen molar-refractivity contribution in [1.82, 2.24) is 0 Å². The Morgan fingerprint density at radius 3 is 2.24 bits per heavy atom. The number of allylic oxidation sites excluding steroid dienone is 2. The lowest BCUT2D eigenvalue weighted by Gasteiger charge is -2.04. The number of halogens is 1. The molecule has 0 N–H and O–H groups in total. The topological polar surface area (TPSA) is 26.3 Å². The van der Waals surface area contributed by atoms with Gasteiger partial charge in [0.25, 0.3) is 0 Å². The molecule has 21 heavy (non-hydrogen) atoms. The van der Waals surface area contributed by atoms with E-state index in [0.29, 0.717) is 13.0 Å². The van der Waals surface area contributed by atoms with Crippen molar-refractivity contribution in [2.45, 2.75) is 84.0 Å². The van der Waals surface area contributed by atoms with Gasteiger partial charge in [-0.25, -0.2) is 0 Å². The van der Waals surface area contributed by atoms with Crippen LogP contribution in [0.2, 0.25) is 0 Å². The minimum atomic E-state index is -0.0154. The second kappa shape index (κ2) is 17.7. The van der Waals surface area contributed by atoms with Crippen molar-refractivity contribution in [2.75, 3.05) is 11.9 Å². The highest BCUT2D eigenvalue weighted by Gasteiger charge is 2.02. The summed E-state index contributed by atoms with van der Waals surface area (Å²) in [6.07, 6.45) is 17.9. The predicted molar refractivity (Wildman–Crippen MR) is 95.0 cm³/mol. The van der Waals surface area contributed by atoms with Gasteiger partial charge in [-0.15, -0.1) is 0 Å². The fourth-order valence-electron chi connectivity index (χ4n) is 2.15. The molecule has 0 aromatic heterocycles. The average Bonchev–Trinajstić information content (AvgIpc) is 2.49. The maximum atomic E-state index is 11.5. The molecule has 3 heteroatoms. The highest BCUT2D eigenvalue weighted by Crippen LogP contribution is 2.10. The van der Waals surface area contributed by atoms with E-state index in [4.69, 9.17) is 4.74 Å². The monoisotopic (exact) mass is 360 g/mol. The van der Waals surface area contributed by atoms with Gasteiger partial charge in [-0.3, -0.25) is 4.79 Å². The van der Waals surface area contributed by atoms with E-state index in [1.165, 1.54) is 32.1 Å². The molecule has 0 saturated heterocycles. The second-order valence-electron chi connectivity index (χ2n) is 5.51. The first kappa shape index (κ1) is 20.7. The highest BCUT2D eigenvalue weighted by molar-refractivity contribution is 9.09. The fourth-order valence-corrected chi connectivity index (χ4v) is 2.55. The summed E-state index contributed by atoms with van der Waals surface area (Å²) in [6.45, 7) is 2.73. The number of rotatable bonds is 15. The largest absolute Gasteiger partial charge is 0.466 e. The third-order valence-electron chi connectivity index (χ3n) is 3.45. The Morgan fingerprint density at radius 2 is 1.57 bits per heavy atom. The first-order chi connectivity index (χ1) is 10.3. The van der Waals surface area contributed by atoms with E-state index in [9.17, 15) is 4.79 Å². The standard InChI is InChI=1S/C18H33BrO2/c1-2-3-4-5-11-14-17-21-18(20)15-12-9-7-6-8-10-13-16-19/h3-4H,2,5-17H2,1H3/b4-3-. The van der Waals surface area contributed by atoms with Crippen molar-refractivity contribution in [3.63, 3.8) is 0 Å². The van der Waals surface area contributed by atoms with Gasteiger partial charge >= 0.3 is 5.97 Å². The zero-order chi connectivity index (χ0) is 15.6. The smallest absolute Gasteiger partial charge is 0.305 e. The molecule has 0 aliphatic heterocycles. The molecule has 0 amide bonds. The fraction of sp³-hybridized carbons (Fsp3) is 0.833. The molecule has 0 saturated carbocycles. The molecule has 0 spiro atoms. The van der Waals surface area contributed by atoms with Gasteiger partial charge in [0.15, 0.2) is 0 Å². The Bertz CT molecular complexity index is 252. The molecule has 0 atom stereocenters. The van der Waals surface area contributed by atoms with Gasteiger partial charge in [0, 0.05) is 11.8 Å². The summed E-state index contributed by atoms with van der Waals surface area (Å²) in [5.74, 6) is -0.0154. The molecule has 124 valence electrons. The Hall–Kier alpha value is -0.310. The van der Waals surface area contributed by atoms with Crippen molar-refractivity contribution in [2.24, 2.45) is 0 Å². The van der Waals surface area contributed by atoms with E-state index < -0.39 is 0 Å². The molecule has 0 heterocycles. The zero-order valence-electron chi connectivity index (χ0n) is 13.7. The number of unbranched alkanes of at least 4 members (excludes halogenated alkanes) is 8. The normalized spacial score (nSPS) is 11.1. The van der Waals surface area contributed by atoms with Crippen molar-refractivity contribution < 1.29 is 9.53 Å². The maximum absolute atomic E-state index is 11.5. The number of alkyl halides is 1. The van der Waals surface area contributed by atoms with E-state index in [-0.39, 0.29) is 5.97 Å². The number of ether oxygens (including phenoxy) is 1. The minimum Gasteiger partial charge on any atom is -0.466 e. The van der Waals surface area contributed by atoms with E-state index in [1.54, 1.807) is 0 Å². The molecule has 0 aromatic rings. The summed E-state index contributed by atoms with van der Waals surface area (Å²) in [6, 6.07) is 0. The molecule has 0 aliphatic rings. The van der Waals surface area contributed by atoms with Crippen LogP contribution in [0.1, 0.15) is 84.0 Å². The molecule has 2 nitrogen and oxygen atoms in total. The maximum Gasteiger partial charge on any atom is 0.305 e. The summed E-state index contributed by atoms with van der Waals surface area (Å²) >= 11 is 3.45. The van der Waals surface area contributed by atoms with Crippen molar-refractivity contribution in [3.05, 3.63) is 12.2 Å². The Morgan fingerprint density at radius 1 is 0.905 bits per heavy atom. The molecular weight excluding hydrogens is 328 g/mol. The number of carbonyl (C=O) groups excluding carboxylic acids is 1. The lowest BCUT2D eigenvalue weighted by molar-refractivity contribution is -0.143. The van der Waals surface area contributed by atoms with Crippen LogP contribution in [-0.2, 0) is 9.53 Å². The zero-order valence-corrected chi connectivity index (χ0v) is 15.3. The molecule has 0 rings (SSSR count). The Balaban J connectivity index is 3.18. The van der Waals surface area contributed by atoms with Gasteiger partial charge in [0.05, 0.1) is 6.61 Å². The summed E-state index contributed by atoms with van der Waals surface area (Å²) in [7, 11) is 0. The third-order valence-corrected chi connectivity index (χ3v) is 4.01. The summed E-state index contributed by atoms with van der Waals surface area (Å²) in [4.78, 5) is 11.5. The van der Waals surface area contributed by atoms with Crippen LogP contribution in [0, 0.1) is 0 Å². The Kier molecular flexibility index (Phi) is 17.5. The van der Waals surface area contributed by atoms with Crippen molar-refractivity contribution >= 4 is 21.9 Å². The SMILES string of the molecule is CC/C=C\CCCCOC(=O)CCCCCCCCCBr. The van der Waals surface area contributed by atoms with Crippen molar-refractivity contribution in [1.29, 1.82) is 0 Å². The quantitative estimate of drug-likeness (QED) is 0.151. The van der Waals surface area contributed by atoms with Crippen molar-refractivity contribution in [3.8, 4) is 0 Å². The van der Waals surface area contributed by atoms with Crippen LogP contribution in [0.4, 0.5) is 0 Å². The van der Waals surface area contributed by atoms with Gasteiger partial charge < -0.3 is 4.74 Å². The van der Waals surface area contributed by atoms with E-state index in [1.807, 2.05) is 0 Å². The first-order valence-electron chi connectivity index (χ1n) is 8.67. The summed E-state index contributed by atoms with van der Waals surface area (Å²) in [5.41, 5.74) is 0. The van der Waals surface area contributed by atoms with E-state index in [2.05, 4.69) is 35.0 Å². The number of hydrogen-bond acceptors (Lipinski definition) is 2. The van der Waals surface area contributed by atoms with Crippen LogP contribution < -0.4 is 0 Å². The lowest BCUT2D eigenvalue weighted by atomic mass is 10.1. The Labute approximate surface area is 139 Å². The van der Waals surface area contributed by atoms with Gasteiger partial charge in [-0.1, -0.05) is 67.1 Å². The summed E-state index contributed by atoms with van der Waals surface area (Å²) in [5, 5.41) is 1.12. The molecule has 0 aromatic carbocycles. The van der Waals surface area contributed by atoms with Crippen LogP contribution >= 0.6 is 15.9 Å². The molecule has 0 fully saturated rings. The van der Waals surface area contributed by atoms with Gasteiger partial charge in [0.1, 0.15) is 0 Å². The molecule has 0 aliphatic carbocycles. The molecule has 0 bridgehead atoms. The lowest BCUT2D eigenvalue weighted by Crippen LogP contribution is -2.05. The summed E-state index contributed by atoms with van der Waals surface area (Å²) < 4.78 is 5.24. The molecule has 0 radical (unpaired) electrons. The third kappa shape index (κ3) is 17.6. The number of hydrogen-bond donors (Lipinski definition) is 0.